The SMILES string of the molecule is CN1C(=O)[C@](Cc2ccccc2)(C(=O)OC(C)(C)C(Cl)(Cl)Cl)c2ccccc21. The molecule has 0 aliphatic carbocycles. The van der Waals surface area contributed by atoms with Crippen molar-refractivity contribution < 1.29 is 14.3 Å². The highest BCUT2D eigenvalue weighted by molar-refractivity contribution is 6.68. The highest BCUT2D eigenvalue weighted by Gasteiger charge is 2.58. The van der Waals surface area contributed by atoms with Crippen LogP contribution in [0.1, 0.15) is 25.0 Å². The third kappa shape index (κ3) is 3.38. The minimum absolute atomic E-state index is 0.142. The number of carbonyl (C=O) groups excluding carboxylic acids is 2. The van der Waals surface area contributed by atoms with Crippen LogP contribution in [0.15, 0.2) is 54.6 Å². The van der Waals surface area contributed by atoms with Gasteiger partial charge < -0.3 is 9.64 Å². The van der Waals surface area contributed by atoms with Crippen LogP contribution in [-0.4, -0.2) is 28.3 Å². The summed E-state index contributed by atoms with van der Waals surface area (Å²) in [6.45, 7) is 3.01. The fourth-order valence-corrected chi connectivity index (χ4v) is 3.47. The maximum atomic E-state index is 13.5. The van der Waals surface area contributed by atoms with Gasteiger partial charge in [0.25, 0.3) is 0 Å². The zero-order valence-electron chi connectivity index (χ0n) is 15.7. The van der Waals surface area contributed by atoms with Crippen molar-refractivity contribution in [2.24, 2.45) is 0 Å². The van der Waals surface area contributed by atoms with E-state index >= 15 is 0 Å². The van der Waals surface area contributed by atoms with Gasteiger partial charge in [-0.25, -0.2) is 0 Å². The Balaban J connectivity index is 2.14. The fraction of sp³-hybridized carbons (Fsp3) is 0.333. The summed E-state index contributed by atoms with van der Waals surface area (Å²) in [4.78, 5) is 28.4. The summed E-state index contributed by atoms with van der Waals surface area (Å²) in [5, 5.41) is 0. The van der Waals surface area contributed by atoms with Crippen LogP contribution >= 0.6 is 34.8 Å². The summed E-state index contributed by atoms with van der Waals surface area (Å²) < 4.78 is 3.80. The first-order valence-electron chi connectivity index (χ1n) is 8.72. The molecule has 0 spiro atoms. The molecule has 7 heteroatoms. The van der Waals surface area contributed by atoms with E-state index in [0.29, 0.717) is 11.3 Å². The van der Waals surface area contributed by atoms with Crippen LogP contribution in [0.5, 0.6) is 0 Å². The van der Waals surface area contributed by atoms with Crippen LogP contribution in [0, 0.1) is 0 Å². The Hall–Kier alpha value is -1.75. The van der Waals surface area contributed by atoms with E-state index in [0.717, 1.165) is 5.56 Å². The molecule has 1 heterocycles. The van der Waals surface area contributed by atoms with Gasteiger partial charge in [0.15, 0.2) is 11.0 Å². The maximum absolute atomic E-state index is 13.5. The van der Waals surface area contributed by atoms with Crippen molar-refractivity contribution in [2.75, 3.05) is 11.9 Å². The van der Waals surface area contributed by atoms with Crippen molar-refractivity contribution in [3.63, 3.8) is 0 Å². The van der Waals surface area contributed by atoms with E-state index in [1.54, 1.807) is 25.2 Å². The smallest absolute Gasteiger partial charge is 0.327 e. The van der Waals surface area contributed by atoms with Gasteiger partial charge in [-0.05, 0) is 25.5 Å². The number of esters is 1. The molecule has 0 unspecified atom stereocenters. The van der Waals surface area contributed by atoms with Crippen molar-refractivity contribution in [2.45, 2.75) is 35.1 Å². The molecule has 28 heavy (non-hydrogen) atoms. The summed E-state index contributed by atoms with van der Waals surface area (Å²) in [7, 11) is 1.64. The van der Waals surface area contributed by atoms with Crippen LogP contribution in [-0.2, 0) is 26.2 Å². The number of anilines is 1. The number of carbonyl (C=O) groups is 2. The van der Waals surface area contributed by atoms with Gasteiger partial charge in [0, 0.05) is 24.7 Å². The minimum Gasteiger partial charge on any atom is -0.454 e. The Bertz CT molecular complexity index is 909. The van der Waals surface area contributed by atoms with Crippen molar-refractivity contribution >= 4 is 52.4 Å². The topological polar surface area (TPSA) is 46.6 Å². The lowest BCUT2D eigenvalue weighted by Gasteiger charge is -2.36. The predicted molar refractivity (Wildman–Crippen MR) is 112 cm³/mol. The van der Waals surface area contributed by atoms with E-state index in [1.165, 1.54) is 18.7 Å². The number of benzene rings is 2. The van der Waals surface area contributed by atoms with E-state index in [2.05, 4.69) is 0 Å². The summed E-state index contributed by atoms with van der Waals surface area (Å²) in [5.41, 5.74) is -0.928. The van der Waals surface area contributed by atoms with Gasteiger partial charge in [-0.3, -0.25) is 9.59 Å². The first-order valence-corrected chi connectivity index (χ1v) is 9.86. The second kappa shape index (κ2) is 7.25. The van der Waals surface area contributed by atoms with E-state index < -0.39 is 20.8 Å². The average Bonchev–Trinajstić information content (AvgIpc) is 2.84. The Morgan fingerprint density at radius 1 is 1.04 bits per heavy atom. The molecule has 3 rings (SSSR count). The fourth-order valence-electron chi connectivity index (χ4n) is 3.36. The number of ether oxygens (including phenoxy) is 1. The largest absolute Gasteiger partial charge is 0.454 e. The van der Waals surface area contributed by atoms with E-state index in [9.17, 15) is 9.59 Å². The molecule has 148 valence electrons. The Morgan fingerprint density at radius 3 is 2.21 bits per heavy atom. The van der Waals surface area contributed by atoms with Gasteiger partial charge in [-0.2, -0.15) is 0 Å². The molecule has 2 aromatic carbocycles. The van der Waals surface area contributed by atoms with Crippen LogP contribution < -0.4 is 4.90 Å². The quantitative estimate of drug-likeness (QED) is 0.388. The van der Waals surface area contributed by atoms with Gasteiger partial charge in [-0.15, -0.1) is 0 Å². The molecule has 0 radical (unpaired) electrons. The number of rotatable bonds is 4. The lowest BCUT2D eigenvalue weighted by Crippen LogP contribution is -2.52. The molecule has 0 N–H and O–H groups in total. The molecule has 1 aliphatic rings. The minimum atomic E-state index is -1.86. The van der Waals surface area contributed by atoms with E-state index in [-0.39, 0.29) is 12.3 Å². The first kappa shape index (κ1) is 21.0. The highest BCUT2D eigenvalue weighted by atomic mass is 35.6. The predicted octanol–water partition coefficient (Wildman–Crippen LogP) is 4.84. The van der Waals surface area contributed by atoms with Gasteiger partial charge in [0.2, 0.25) is 9.70 Å². The van der Waals surface area contributed by atoms with Crippen molar-refractivity contribution in [3.8, 4) is 0 Å². The maximum Gasteiger partial charge on any atom is 0.327 e. The number of hydrogen-bond donors (Lipinski definition) is 0. The van der Waals surface area contributed by atoms with Crippen molar-refractivity contribution in [1.29, 1.82) is 0 Å². The molecule has 1 aliphatic heterocycles. The van der Waals surface area contributed by atoms with Gasteiger partial charge >= 0.3 is 5.97 Å². The summed E-state index contributed by atoms with van der Waals surface area (Å²) in [5.74, 6) is -1.11. The van der Waals surface area contributed by atoms with Crippen LogP contribution in [0.2, 0.25) is 0 Å². The number of nitrogens with zero attached hydrogens (tertiary/aromatic N) is 1. The molecule has 4 nitrogen and oxygen atoms in total. The third-order valence-corrected chi connectivity index (χ3v) is 6.45. The second-order valence-corrected chi connectivity index (χ2v) is 9.63. The first-order chi connectivity index (χ1) is 13.0. The van der Waals surface area contributed by atoms with Crippen LogP contribution in [0.4, 0.5) is 5.69 Å². The molecule has 0 aromatic heterocycles. The molecule has 1 atom stereocenters. The number of fused-ring (bicyclic) bond motifs is 1. The summed E-state index contributed by atoms with van der Waals surface area (Å²) >= 11 is 18.0. The molecule has 0 bridgehead atoms. The summed E-state index contributed by atoms with van der Waals surface area (Å²) in [6.07, 6.45) is 0.142. The van der Waals surface area contributed by atoms with Crippen LogP contribution in [0.3, 0.4) is 0 Å². The molecule has 0 saturated heterocycles. The zero-order chi connectivity index (χ0) is 20.7. The van der Waals surface area contributed by atoms with Gasteiger partial charge in [0.05, 0.1) is 0 Å². The molecular weight excluding hydrogens is 421 g/mol. The lowest BCUT2D eigenvalue weighted by atomic mass is 9.76. The molecule has 1 amide bonds. The molecule has 2 aromatic rings. The molecule has 0 saturated carbocycles. The Morgan fingerprint density at radius 2 is 1.61 bits per heavy atom. The number of hydrogen-bond acceptors (Lipinski definition) is 3. The molecular formula is C21H20Cl3NO3. The normalized spacial score (nSPS) is 19.5. The zero-order valence-corrected chi connectivity index (χ0v) is 18.0. The number of likely N-dealkylation sites (N-methyl/N-ethyl adjacent to an activating group) is 1. The summed E-state index contributed by atoms with van der Waals surface area (Å²) in [6, 6.07) is 16.5. The van der Waals surface area contributed by atoms with Crippen molar-refractivity contribution in [3.05, 3.63) is 65.7 Å². The number of alkyl halides is 3. The Kier molecular flexibility index (Phi) is 5.43. The lowest BCUT2D eigenvalue weighted by molar-refractivity contribution is -0.165. The van der Waals surface area contributed by atoms with Gasteiger partial charge in [-0.1, -0.05) is 83.3 Å². The highest BCUT2D eigenvalue weighted by Crippen LogP contribution is 2.47. The van der Waals surface area contributed by atoms with Crippen molar-refractivity contribution in [1.82, 2.24) is 0 Å². The monoisotopic (exact) mass is 439 g/mol. The second-order valence-electron chi connectivity index (χ2n) is 7.35. The van der Waals surface area contributed by atoms with Crippen LogP contribution in [0.25, 0.3) is 0 Å². The number of para-hydroxylation sites is 1. The Labute approximate surface area is 179 Å². The standard InChI is InChI=1S/C21H20Cl3NO3/c1-19(2,21(22,23)24)28-18(27)20(13-14-9-5-4-6-10-14)15-11-7-8-12-16(15)25(3)17(20)26/h4-12H,13H2,1-3H3/t20-/m1/s1. The average molecular weight is 441 g/mol. The molecule has 0 fully saturated rings. The number of halogens is 3. The van der Waals surface area contributed by atoms with E-state index in [4.69, 9.17) is 39.5 Å². The third-order valence-electron chi connectivity index (χ3n) is 5.09. The van der Waals surface area contributed by atoms with Gasteiger partial charge in [0.1, 0.15) is 0 Å². The number of amides is 1. The van der Waals surface area contributed by atoms with E-state index in [1.807, 2.05) is 36.4 Å².